The van der Waals surface area contributed by atoms with Crippen molar-refractivity contribution in [3.05, 3.63) is 66.0 Å². The summed E-state index contributed by atoms with van der Waals surface area (Å²) in [5.41, 5.74) is 0.817. The third-order valence-electron chi connectivity index (χ3n) is 5.07. The number of nitrogens with one attached hydrogen (secondary N) is 1. The van der Waals surface area contributed by atoms with Crippen molar-refractivity contribution in [3.63, 3.8) is 0 Å². The van der Waals surface area contributed by atoms with Crippen molar-refractivity contribution in [1.29, 1.82) is 0 Å². The van der Waals surface area contributed by atoms with Gasteiger partial charge in [0.2, 0.25) is 21.8 Å². The number of carbonyl (C=O) groups excluding carboxylic acids is 2. The Balaban J connectivity index is 2.15. The fraction of sp³-hybridized carbons (Fsp3) is 0.417. The first-order chi connectivity index (χ1) is 15.5. The van der Waals surface area contributed by atoms with Gasteiger partial charge >= 0.3 is 0 Å². The molecule has 0 saturated carbocycles. The summed E-state index contributed by atoms with van der Waals surface area (Å²) in [4.78, 5) is 27.2. The number of benzene rings is 2. The van der Waals surface area contributed by atoms with Gasteiger partial charge in [0, 0.05) is 25.6 Å². The fourth-order valence-electron chi connectivity index (χ4n) is 3.40. The quantitative estimate of drug-likeness (QED) is 0.538. The number of amides is 2. The Morgan fingerprint density at radius 1 is 1.00 bits per heavy atom. The summed E-state index contributed by atoms with van der Waals surface area (Å²) >= 11 is 0. The minimum absolute atomic E-state index is 0.00655. The van der Waals surface area contributed by atoms with Gasteiger partial charge in [-0.25, -0.2) is 12.8 Å². The molecular weight excluding hydrogens is 445 g/mol. The molecule has 0 heterocycles. The summed E-state index contributed by atoms with van der Waals surface area (Å²) in [5.74, 6) is -1.20. The lowest BCUT2D eigenvalue weighted by molar-refractivity contribution is -0.140. The molecule has 7 nitrogen and oxygen atoms in total. The van der Waals surface area contributed by atoms with Crippen LogP contribution >= 0.6 is 0 Å². The second-order valence-electron chi connectivity index (χ2n) is 8.24. The van der Waals surface area contributed by atoms with Crippen LogP contribution in [0.4, 0.5) is 10.1 Å². The Kier molecular flexibility index (Phi) is 9.40. The van der Waals surface area contributed by atoms with Crippen LogP contribution in [0.3, 0.4) is 0 Å². The van der Waals surface area contributed by atoms with Crippen LogP contribution in [-0.4, -0.2) is 50.0 Å². The Morgan fingerprint density at radius 2 is 1.61 bits per heavy atom. The van der Waals surface area contributed by atoms with Gasteiger partial charge in [-0.3, -0.25) is 13.9 Å². The second-order valence-corrected chi connectivity index (χ2v) is 10.1. The number of nitrogens with zero attached hydrogens (tertiary/aromatic N) is 2. The summed E-state index contributed by atoms with van der Waals surface area (Å²) in [6.45, 7) is 5.54. The minimum atomic E-state index is -3.75. The highest BCUT2D eigenvalue weighted by Gasteiger charge is 2.27. The van der Waals surface area contributed by atoms with E-state index in [1.54, 1.807) is 13.0 Å². The maximum Gasteiger partial charge on any atom is 0.242 e. The Labute approximate surface area is 195 Å². The molecule has 0 spiro atoms. The van der Waals surface area contributed by atoms with E-state index < -0.39 is 21.9 Å². The summed E-state index contributed by atoms with van der Waals surface area (Å²) in [5, 5.41) is 2.82. The minimum Gasteiger partial charge on any atom is -0.352 e. The van der Waals surface area contributed by atoms with E-state index in [0.29, 0.717) is 0 Å². The zero-order chi connectivity index (χ0) is 24.6. The fourth-order valence-corrected chi connectivity index (χ4v) is 4.37. The molecule has 2 aromatic rings. The number of para-hydroxylation sites is 1. The molecule has 9 heteroatoms. The molecule has 1 N–H and O–H groups in total. The first-order valence-corrected chi connectivity index (χ1v) is 12.7. The van der Waals surface area contributed by atoms with Gasteiger partial charge in [0.05, 0.1) is 11.9 Å². The van der Waals surface area contributed by atoms with Crippen LogP contribution in [0.15, 0.2) is 54.6 Å². The summed E-state index contributed by atoms with van der Waals surface area (Å²) in [7, 11) is -3.75. The van der Waals surface area contributed by atoms with E-state index in [9.17, 15) is 22.4 Å². The maximum absolute atomic E-state index is 14.2. The van der Waals surface area contributed by atoms with E-state index in [0.717, 1.165) is 16.1 Å². The standard InChI is InChI=1S/C24H32FN3O4S/c1-18(2)26-24(30)19(3)27(17-20-11-6-5-7-12-20)23(29)15-10-16-28(33(4,31)32)22-14-9-8-13-21(22)25/h5-9,11-14,18-19H,10,15-17H2,1-4H3,(H,26,30). The van der Waals surface area contributed by atoms with Gasteiger partial charge in [0.1, 0.15) is 11.9 Å². The predicted octanol–water partition coefficient (Wildman–Crippen LogP) is 3.31. The zero-order valence-corrected chi connectivity index (χ0v) is 20.3. The third kappa shape index (κ3) is 7.85. The van der Waals surface area contributed by atoms with Crippen LogP contribution < -0.4 is 9.62 Å². The van der Waals surface area contributed by atoms with Crippen LogP contribution in [0.5, 0.6) is 0 Å². The molecule has 2 rings (SSSR count). The van der Waals surface area contributed by atoms with Crippen molar-refractivity contribution in [3.8, 4) is 0 Å². The Morgan fingerprint density at radius 3 is 2.18 bits per heavy atom. The number of hydrogen-bond acceptors (Lipinski definition) is 4. The predicted molar refractivity (Wildman–Crippen MR) is 128 cm³/mol. The number of sulfonamides is 1. The molecule has 180 valence electrons. The van der Waals surface area contributed by atoms with Crippen molar-refractivity contribution in [1.82, 2.24) is 10.2 Å². The molecule has 0 saturated heterocycles. The lowest BCUT2D eigenvalue weighted by Crippen LogP contribution is -2.49. The maximum atomic E-state index is 14.2. The van der Waals surface area contributed by atoms with E-state index in [1.165, 1.54) is 23.1 Å². The second kappa shape index (κ2) is 11.8. The molecule has 0 radical (unpaired) electrons. The molecule has 2 aromatic carbocycles. The lowest BCUT2D eigenvalue weighted by atomic mass is 10.1. The number of hydrogen-bond donors (Lipinski definition) is 1. The highest BCUT2D eigenvalue weighted by Crippen LogP contribution is 2.22. The molecule has 0 fully saturated rings. The molecule has 33 heavy (non-hydrogen) atoms. The molecule has 0 aliphatic rings. The van der Waals surface area contributed by atoms with Gasteiger partial charge in [-0.05, 0) is 44.9 Å². The van der Waals surface area contributed by atoms with E-state index in [-0.39, 0.29) is 49.5 Å². The van der Waals surface area contributed by atoms with Crippen molar-refractivity contribution < 1.29 is 22.4 Å². The van der Waals surface area contributed by atoms with E-state index >= 15 is 0 Å². The average Bonchev–Trinajstić information content (AvgIpc) is 2.74. The third-order valence-corrected chi connectivity index (χ3v) is 6.25. The monoisotopic (exact) mass is 477 g/mol. The normalized spacial score (nSPS) is 12.3. The van der Waals surface area contributed by atoms with Crippen LogP contribution in [0.25, 0.3) is 0 Å². The molecular formula is C24H32FN3O4S. The van der Waals surface area contributed by atoms with Crippen molar-refractivity contribution in [2.75, 3.05) is 17.1 Å². The molecule has 0 bridgehead atoms. The van der Waals surface area contributed by atoms with Crippen LogP contribution in [0, 0.1) is 5.82 Å². The summed E-state index contributed by atoms with van der Waals surface area (Å²) < 4.78 is 39.7. The molecule has 1 unspecified atom stereocenters. The van der Waals surface area contributed by atoms with E-state index in [2.05, 4.69) is 5.32 Å². The van der Waals surface area contributed by atoms with E-state index in [1.807, 2.05) is 44.2 Å². The van der Waals surface area contributed by atoms with Gasteiger partial charge in [-0.2, -0.15) is 0 Å². The van der Waals surface area contributed by atoms with Gasteiger partial charge < -0.3 is 10.2 Å². The van der Waals surface area contributed by atoms with Gasteiger partial charge in [0.25, 0.3) is 0 Å². The smallest absolute Gasteiger partial charge is 0.242 e. The van der Waals surface area contributed by atoms with Crippen molar-refractivity contribution >= 4 is 27.5 Å². The SMILES string of the molecule is CC(C)NC(=O)C(C)N(Cc1ccccc1)C(=O)CCCN(c1ccccc1F)S(C)(=O)=O. The number of rotatable bonds is 11. The highest BCUT2D eigenvalue weighted by atomic mass is 32.2. The topological polar surface area (TPSA) is 86.8 Å². The molecule has 0 aliphatic heterocycles. The summed E-state index contributed by atoms with van der Waals surface area (Å²) in [6, 6.07) is 14.2. The van der Waals surface area contributed by atoms with Gasteiger partial charge in [-0.15, -0.1) is 0 Å². The first-order valence-electron chi connectivity index (χ1n) is 10.9. The van der Waals surface area contributed by atoms with Gasteiger partial charge in [0.15, 0.2) is 0 Å². The Bertz CT molecular complexity index is 1040. The van der Waals surface area contributed by atoms with Crippen LogP contribution in [0.1, 0.15) is 39.2 Å². The number of halogens is 1. The first kappa shape index (κ1) is 26.3. The highest BCUT2D eigenvalue weighted by molar-refractivity contribution is 7.92. The average molecular weight is 478 g/mol. The molecule has 2 amide bonds. The number of carbonyl (C=O) groups is 2. The lowest BCUT2D eigenvalue weighted by Gasteiger charge is -2.30. The largest absolute Gasteiger partial charge is 0.352 e. The van der Waals surface area contributed by atoms with Crippen LogP contribution in [-0.2, 0) is 26.2 Å². The Hall–Kier alpha value is -2.94. The zero-order valence-electron chi connectivity index (χ0n) is 19.5. The van der Waals surface area contributed by atoms with Crippen molar-refractivity contribution in [2.24, 2.45) is 0 Å². The van der Waals surface area contributed by atoms with Gasteiger partial charge in [-0.1, -0.05) is 42.5 Å². The number of anilines is 1. The molecule has 0 aromatic heterocycles. The van der Waals surface area contributed by atoms with Crippen molar-refractivity contribution in [2.45, 2.75) is 52.2 Å². The molecule has 0 aliphatic carbocycles. The van der Waals surface area contributed by atoms with Crippen LogP contribution in [0.2, 0.25) is 0 Å². The molecule has 1 atom stereocenters. The van der Waals surface area contributed by atoms with E-state index in [4.69, 9.17) is 0 Å². The summed E-state index contributed by atoms with van der Waals surface area (Å²) in [6.07, 6.45) is 1.18.